The van der Waals surface area contributed by atoms with Gasteiger partial charge in [0.2, 0.25) is 0 Å². The molecule has 8 heteroatoms. The van der Waals surface area contributed by atoms with Gasteiger partial charge in [0.15, 0.2) is 5.82 Å². The number of rotatable bonds is 1. The van der Waals surface area contributed by atoms with E-state index in [9.17, 15) is 4.57 Å². The van der Waals surface area contributed by atoms with E-state index in [-0.39, 0.29) is 29.9 Å². The quantitative estimate of drug-likeness (QED) is 0.652. The van der Waals surface area contributed by atoms with Crippen LogP contribution in [0.15, 0.2) is 0 Å². The zero-order valence-electron chi connectivity index (χ0n) is 6.13. The highest BCUT2D eigenvalue weighted by molar-refractivity contribution is 7.50. The minimum Gasteiger partial charge on any atom is -0.388 e. The van der Waals surface area contributed by atoms with E-state index in [1.807, 2.05) is 0 Å². The Bertz CT molecular complexity index is 416. The maximum absolute atomic E-state index is 11.3. The Morgan fingerprint density at radius 2 is 1.85 bits per heavy atom. The number of nitrogens with zero attached hydrogens (tertiary/aromatic N) is 2. The summed E-state index contributed by atoms with van der Waals surface area (Å²) < 4.78 is 25.6. The summed E-state index contributed by atoms with van der Waals surface area (Å²) in [4.78, 5) is 7.50. The third kappa shape index (κ3) is 0.800. The van der Waals surface area contributed by atoms with Gasteiger partial charge in [0.1, 0.15) is 6.61 Å². The van der Waals surface area contributed by atoms with Crippen LogP contribution >= 0.6 is 7.82 Å². The summed E-state index contributed by atoms with van der Waals surface area (Å²) in [5, 5.41) is 8.73. The number of aromatic nitrogens is 2. The summed E-state index contributed by atoms with van der Waals surface area (Å²) in [6.45, 7) is -0.336. The van der Waals surface area contributed by atoms with E-state index in [1.54, 1.807) is 0 Å². The lowest BCUT2D eigenvalue weighted by Gasteiger charge is -2.08. The molecular formula is C5H3N2O5P. The molecule has 0 atom stereocenters. The lowest BCUT2D eigenvalue weighted by Crippen LogP contribution is -2.03. The molecule has 0 saturated heterocycles. The Morgan fingerprint density at radius 3 is 2.31 bits per heavy atom. The molecule has 3 heterocycles. The normalized spacial score (nSPS) is 19.2. The third-order valence-corrected chi connectivity index (χ3v) is 2.79. The van der Waals surface area contributed by atoms with Gasteiger partial charge in [0.25, 0.3) is 17.5 Å². The van der Waals surface area contributed by atoms with E-state index in [4.69, 9.17) is 18.7 Å². The van der Waals surface area contributed by atoms with Gasteiger partial charge in [0.05, 0.1) is 0 Å². The van der Waals surface area contributed by atoms with Crippen molar-refractivity contribution in [3.63, 3.8) is 0 Å². The number of hydrogen-bond donors (Lipinski definition) is 1. The number of aliphatic hydroxyl groups is 1. The average molecular weight is 202 g/mol. The fourth-order valence-electron chi connectivity index (χ4n) is 1.10. The van der Waals surface area contributed by atoms with Crippen molar-refractivity contribution in [2.45, 2.75) is 6.61 Å². The maximum atomic E-state index is 11.3. The van der Waals surface area contributed by atoms with Crippen LogP contribution in [0.1, 0.15) is 5.82 Å². The van der Waals surface area contributed by atoms with Crippen LogP contribution < -0.4 is 13.6 Å². The predicted octanol–water partition coefficient (Wildman–Crippen LogP) is 0.241. The number of fused-ring (bicyclic) bond motifs is 1. The van der Waals surface area contributed by atoms with Crippen molar-refractivity contribution in [2.24, 2.45) is 0 Å². The highest BCUT2D eigenvalue weighted by Gasteiger charge is 2.52. The standard InChI is InChI=1S/C5H3N2O5P/c8-1-2-6-4-3-5(7-2)12-13(9,10-3)11-4/h8H,1H2. The second-order valence-corrected chi connectivity index (χ2v) is 3.90. The van der Waals surface area contributed by atoms with Crippen LogP contribution in [0.2, 0.25) is 0 Å². The molecule has 0 fully saturated rings. The van der Waals surface area contributed by atoms with E-state index >= 15 is 0 Å². The van der Waals surface area contributed by atoms with Crippen LogP contribution in [-0.2, 0) is 11.2 Å². The smallest absolute Gasteiger partial charge is 0.388 e. The van der Waals surface area contributed by atoms with E-state index in [0.29, 0.717) is 0 Å². The topological polar surface area (TPSA) is 90.8 Å². The summed E-state index contributed by atoms with van der Waals surface area (Å²) in [5.41, 5.74) is 0. The van der Waals surface area contributed by atoms with Gasteiger partial charge in [0, 0.05) is 0 Å². The molecule has 1 N–H and O–H groups in total. The van der Waals surface area contributed by atoms with Gasteiger partial charge in [-0.15, -0.1) is 0 Å². The van der Waals surface area contributed by atoms with Crippen LogP contribution in [0.5, 0.6) is 17.5 Å². The lowest BCUT2D eigenvalue weighted by molar-refractivity contribution is 0.266. The monoisotopic (exact) mass is 202 g/mol. The summed E-state index contributed by atoms with van der Waals surface area (Å²) in [6.07, 6.45) is 0. The summed E-state index contributed by atoms with van der Waals surface area (Å²) >= 11 is 0. The largest absolute Gasteiger partial charge is 0.650 e. The lowest BCUT2D eigenvalue weighted by atomic mass is 10.5. The zero-order chi connectivity index (χ0) is 9.05. The summed E-state index contributed by atoms with van der Waals surface area (Å²) in [5.74, 6) is 0.443. The van der Waals surface area contributed by atoms with Crippen LogP contribution in [0.3, 0.4) is 0 Å². The molecule has 2 bridgehead atoms. The molecule has 13 heavy (non-hydrogen) atoms. The van der Waals surface area contributed by atoms with Crippen molar-refractivity contribution >= 4 is 7.82 Å². The number of phosphoric acid groups is 1. The first-order valence-electron chi connectivity index (χ1n) is 3.41. The SMILES string of the molecule is O=P12Oc3nc(CO)nc(c3O1)O2. The second kappa shape index (κ2) is 1.94. The summed E-state index contributed by atoms with van der Waals surface area (Å²) in [6, 6.07) is 0. The fourth-order valence-corrected chi connectivity index (χ4v) is 2.27. The van der Waals surface area contributed by atoms with Crippen molar-refractivity contribution in [3.8, 4) is 17.5 Å². The predicted molar refractivity (Wildman–Crippen MR) is 37.4 cm³/mol. The van der Waals surface area contributed by atoms with Crippen LogP contribution in [0, 0.1) is 0 Å². The molecule has 1 aromatic rings. The Morgan fingerprint density at radius 1 is 1.23 bits per heavy atom. The highest BCUT2D eigenvalue weighted by atomic mass is 31.2. The highest BCUT2D eigenvalue weighted by Crippen LogP contribution is 2.67. The van der Waals surface area contributed by atoms with Gasteiger partial charge in [-0.3, -0.25) is 0 Å². The molecule has 68 valence electrons. The minimum absolute atomic E-state index is 0.0728. The molecule has 7 nitrogen and oxygen atoms in total. The van der Waals surface area contributed by atoms with Crippen molar-refractivity contribution < 1.29 is 23.2 Å². The molecule has 0 unspecified atom stereocenters. The van der Waals surface area contributed by atoms with E-state index < -0.39 is 7.82 Å². The van der Waals surface area contributed by atoms with Gasteiger partial charge in [-0.1, -0.05) is 0 Å². The third-order valence-electron chi connectivity index (χ3n) is 1.59. The van der Waals surface area contributed by atoms with Gasteiger partial charge < -0.3 is 18.7 Å². The van der Waals surface area contributed by atoms with E-state index in [2.05, 4.69) is 9.97 Å². The fraction of sp³-hybridized carbons (Fsp3) is 0.200. The second-order valence-electron chi connectivity index (χ2n) is 2.46. The molecule has 2 aliphatic heterocycles. The Balaban J connectivity index is 2.25. The molecule has 0 saturated carbocycles. The first-order chi connectivity index (χ1) is 6.20. The maximum Gasteiger partial charge on any atom is 0.650 e. The molecular weight excluding hydrogens is 199 g/mol. The van der Waals surface area contributed by atoms with Crippen LogP contribution in [0.25, 0.3) is 0 Å². The van der Waals surface area contributed by atoms with Gasteiger partial charge in [-0.05, 0) is 0 Å². The molecule has 0 radical (unpaired) electrons. The molecule has 0 aromatic carbocycles. The first kappa shape index (κ1) is 7.11. The molecule has 0 spiro atoms. The van der Waals surface area contributed by atoms with Crippen molar-refractivity contribution in [3.05, 3.63) is 5.82 Å². The Labute approximate surface area is 71.9 Å². The molecule has 0 aliphatic carbocycles. The average Bonchev–Trinajstić information content (AvgIpc) is 2.54. The van der Waals surface area contributed by atoms with Gasteiger partial charge in [-0.2, -0.15) is 14.5 Å². The molecule has 3 rings (SSSR count). The van der Waals surface area contributed by atoms with Crippen molar-refractivity contribution in [1.29, 1.82) is 0 Å². The van der Waals surface area contributed by atoms with Crippen molar-refractivity contribution in [1.82, 2.24) is 9.97 Å². The number of hydrogen-bond acceptors (Lipinski definition) is 7. The van der Waals surface area contributed by atoms with Gasteiger partial charge >= 0.3 is 7.82 Å². The zero-order valence-corrected chi connectivity index (χ0v) is 7.02. The minimum atomic E-state index is -3.48. The Kier molecular flexibility index (Phi) is 1.06. The number of aliphatic hydroxyl groups excluding tert-OH is 1. The summed E-state index contributed by atoms with van der Waals surface area (Å²) in [7, 11) is -3.48. The van der Waals surface area contributed by atoms with E-state index in [1.165, 1.54) is 0 Å². The van der Waals surface area contributed by atoms with E-state index in [0.717, 1.165) is 0 Å². The molecule has 2 aliphatic rings. The van der Waals surface area contributed by atoms with Gasteiger partial charge in [-0.25, -0.2) is 0 Å². The molecule has 1 aromatic heterocycles. The number of phosphoric ester groups is 1. The molecule has 0 amide bonds. The van der Waals surface area contributed by atoms with Crippen molar-refractivity contribution in [2.75, 3.05) is 0 Å². The van der Waals surface area contributed by atoms with Crippen LogP contribution in [0.4, 0.5) is 0 Å². The first-order valence-corrected chi connectivity index (χ1v) is 4.87. The van der Waals surface area contributed by atoms with Crippen LogP contribution in [-0.4, -0.2) is 15.1 Å². The Hall–Kier alpha value is -1.33.